The zero-order valence-corrected chi connectivity index (χ0v) is 7.87. The second-order valence-electron chi connectivity index (χ2n) is 2.66. The molecular weight excluding hydrogens is 206 g/mol. The molecule has 6 heteroatoms. The van der Waals surface area contributed by atoms with E-state index in [4.69, 9.17) is 10.4 Å². The van der Waals surface area contributed by atoms with Crippen molar-refractivity contribution >= 4 is 0 Å². The molecule has 0 spiro atoms. The second-order valence-corrected chi connectivity index (χ2v) is 2.66. The molecule has 0 saturated carbocycles. The number of aliphatic hydroxyl groups is 1. The van der Waals surface area contributed by atoms with Crippen molar-refractivity contribution in [2.45, 2.75) is 13.0 Å². The molecule has 0 aliphatic heterocycles. The van der Waals surface area contributed by atoms with Crippen LogP contribution >= 0.6 is 0 Å². The van der Waals surface area contributed by atoms with Crippen molar-refractivity contribution in [3.05, 3.63) is 23.0 Å². The minimum atomic E-state index is -2.78. The van der Waals surface area contributed by atoms with Crippen LogP contribution in [0.2, 0.25) is 0 Å². The van der Waals surface area contributed by atoms with Crippen molar-refractivity contribution in [3.8, 4) is 11.8 Å². The lowest BCUT2D eigenvalue weighted by Crippen LogP contribution is -2.02. The van der Waals surface area contributed by atoms with Crippen LogP contribution in [-0.2, 0) is 6.61 Å². The molecule has 1 aromatic heterocycles. The van der Waals surface area contributed by atoms with Crippen molar-refractivity contribution in [1.82, 2.24) is 4.98 Å². The highest BCUT2D eigenvalue weighted by molar-refractivity contribution is 5.45. The topological polar surface area (TPSA) is 66.1 Å². The summed E-state index contributed by atoms with van der Waals surface area (Å²) in [4.78, 5) is 3.65. The van der Waals surface area contributed by atoms with Crippen molar-refractivity contribution in [1.29, 1.82) is 5.26 Å². The van der Waals surface area contributed by atoms with Gasteiger partial charge in [-0.05, 0) is 6.07 Å². The highest BCUT2D eigenvalue weighted by Gasteiger charge is 2.19. The largest absolute Gasteiger partial charge is 0.493 e. The predicted molar refractivity (Wildman–Crippen MR) is 46.4 cm³/mol. The predicted octanol–water partition coefficient (Wildman–Crippen LogP) is 1.39. The molecule has 4 nitrogen and oxygen atoms in total. The molecule has 0 aliphatic rings. The summed E-state index contributed by atoms with van der Waals surface area (Å²) in [5.74, 6) is -0.246. The number of nitriles is 1. The summed E-state index contributed by atoms with van der Waals surface area (Å²) in [5, 5.41) is 17.4. The number of nitrogens with zero attached hydrogens (tertiary/aromatic N) is 2. The Morgan fingerprint density at radius 3 is 2.73 bits per heavy atom. The quantitative estimate of drug-likeness (QED) is 0.825. The van der Waals surface area contributed by atoms with Gasteiger partial charge in [0, 0.05) is 0 Å². The summed E-state index contributed by atoms with van der Waals surface area (Å²) in [6.45, 7) is -0.502. The van der Waals surface area contributed by atoms with Gasteiger partial charge in [0.1, 0.15) is 6.07 Å². The molecule has 1 rings (SSSR count). The number of hydrogen-bond acceptors (Lipinski definition) is 4. The van der Waals surface area contributed by atoms with Gasteiger partial charge in [-0.2, -0.15) is 5.26 Å². The van der Waals surface area contributed by atoms with E-state index < -0.39 is 18.6 Å². The average molecular weight is 214 g/mol. The maximum Gasteiger partial charge on any atom is 0.267 e. The molecule has 0 saturated heterocycles. The SMILES string of the molecule is COc1c(C(F)F)cc(CO)nc1C#N. The molecule has 0 fully saturated rings. The van der Waals surface area contributed by atoms with E-state index in [1.54, 1.807) is 6.07 Å². The summed E-state index contributed by atoms with van der Waals surface area (Å²) < 4.78 is 29.8. The lowest BCUT2D eigenvalue weighted by atomic mass is 10.1. The van der Waals surface area contributed by atoms with Crippen LogP contribution in [0.25, 0.3) is 0 Å². The van der Waals surface area contributed by atoms with Gasteiger partial charge in [-0.1, -0.05) is 0 Å². The fourth-order valence-electron chi connectivity index (χ4n) is 1.14. The molecule has 0 unspecified atom stereocenters. The first-order chi connectivity index (χ1) is 7.13. The van der Waals surface area contributed by atoms with Crippen molar-refractivity contribution in [2.24, 2.45) is 0 Å². The van der Waals surface area contributed by atoms with Crippen LogP contribution in [0.5, 0.6) is 5.75 Å². The normalized spacial score (nSPS) is 10.1. The number of rotatable bonds is 3. The van der Waals surface area contributed by atoms with Gasteiger partial charge in [0.05, 0.1) is 25.0 Å². The smallest absolute Gasteiger partial charge is 0.267 e. The molecule has 0 amide bonds. The van der Waals surface area contributed by atoms with Gasteiger partial charge in [0.15, 0.2) is 11.4 Å². The van der Waals surface area contributed by atoms with Crippen molar-refractivity contribution in [3.63, 3.8) is 0 Å². The zero-order valence-electron chi connectivity index (χ0n) is 7.87. The fraction of sp³-hybridized carbons (Fsp3) is 0.333. The minimum absolute atomic E-state index is 0.0163. The molecule has 15 heavy (non-hydrogen) atoms. The number of ether oxygens (including phenoxy) is 1. The van der Waals surface area contributed by atoms with Gasteiger partial charge in [0.2, 0.25) is 0 Å². The first-order valence-corrected chi connectivity index (χ1v) is 4.01. The highest BCUT2D eigenvalue weighted by atomic mass is 19.3. The maximum absolute atomic E-state index is 12.5. The van der Waals surface area contributed by atoms with Gasteiger partial charge in [-0.3, -0.25) is 0 Å². The van der Waals surface area contributed by atoms with E-state index in [1.165, 1.54) is 7.11 Å². The Bertz CT molecular complexity index is 402. The van der Waals surface area contributed by atoms with Crippen LogP contribution in [0.15, 0.2) is 6.07 Å². The Balaban J connectivity index is 3.41. The van der Waals surface area contributed by atoms with E-state index in [9.17, 15) is 8.78 Å². The van der Waals surface area contributed by atoms with Crippen LogP contribution in [0.4, 0.5) is 8.78 Å². The Morgan fingerprint density at radius 1 is 1.67 bits per heavy atom. The molecule has 0 radical (unpaired) electrons. The Labute approximate surface area is 84.7 Å². The molecule has 0 bridgehead atoms. The Morgan fingerprint density at radius 2 is 2.33 bits per heavy atom. The third-order valence-electron chi connectivity index (χ3n) is 1.76. The van der Waals surface area contributed by atoms with Crippen LogP contribution in [0.1, 0.15) is 23.4 Å². The average Bonchev–Trinajstić information content (AvgIpc) is 2.26. The third-order valence-corrected chi connectivity index (χ3v) is 1.76. The Hall–Kier alpha value is -1.74. The molecule has 80 valence electrons. The first-order valence-electron chi connectivity index (χ1n) is 4.01. The fourth-order valence-corrected chi connectivity index (χ4v) is 1.14. The van der Waals surface area contributed by atoms with Gasteiger partial charge in [-0.25, -0.2) is 13.8 Å². The number of alkyl halides is 2. The summed E-state index contributed by atoms with van der Waals surface area (Å²) in [6.07, 6.45) is -2.78. The highest BCUT2D eigenvalue weighted by Crippen LogP contribution is 2.31. The monoisotopic (exact) mass is 214 g/mol. The molecule has 1 N–H and O–H groups in total. The van der Waals surface area contributed by atoms with Gasteiger partial charge in [0.25, 0.3) is 6.43 Å². The summed E-state index contributed by atoms with van der Waals surface area (Å²) in [7, 11) is 1.18. The molecular formula is C9H8F2N2O2. The number of halogens is 2. The first kappa shape index (κ1) is 11.3. The van der Waals surface area contributed by atoms with Crippen LogP contribution in [0.3, 0.4) is 0 Å². The molecule has 1 aromatic rings. The third kappa shape index (κ3) is 2.19. The van der Waals surface area contributed by atoms with Gasteiger partial charge in [-0.15, -0.1) is 0 Å². The van der Waals surface area contributed by atoms with Crippen LogP contribution in [-0.4, -0.2) is 17.2 Å². The molecule has 1 heterocycles. The van der Waals surface area contributed by atoms with E-state index in [0.717, 1.165) is 6.07 Å². The van der Waals surface area contributed by atoms with E-state index >= 15 is 0 Å². The number of aromatic nitrogens is 1. The second kappa shape index (κ2) is 4.66. The van der Waals surface area contributed by atoms with E-state index in [0.29, 0.717) is 0 Å². The number of pyridine rings is 1. The van der Waals surface area contributed by atoms with E-state index in [1.807, 2.05) is 0 Å². The zero-order chi connectivity index (χ0) is 11.4. The molecule has 0 aromatic carbocycles. The van der Waals surface area contributed by atoms with Gasteiger partial charge < -0.3 is 9.84 Å². The van der Waals surface area contributed by atoms with Crippen LogP contribution < -0.4 is 4.74 Å². The summed E-state index contributed by atoms with van der Waals surface area (Å²) >= 11 is 0. The van der Waals surface area contributed by atoms with E-state index in [2.05, 4.69) is 9.72 Å². The number of aliphatic hydroxyl groups excluding tert-OH is 1. The molecule has 0 atom stereocenters. The molecule has 0 aliphatic carbocycles. The number of methoxy groups -OCH3 is 1. The van der Waals surface area contributed by atoms with Crippen LogP contribution in [0, 0.1) is 11.3 Å². The van der Waals surface area contributed by atoms with Gasteiger partial charge >= 0.3 is 0 Å². The van der Waals surface area contributed by atoms with E-state index in [-0.39, 0.29) is 17.1 Å². The number of hydrogen-bond donors (Lipinski definition) is 1. The summed E-state index contributed by atoms with van der Waals surface area (Å²) in [6, 6.07) is 2.65. The van der Waals surface area contributed by atoms with Crippen molar-refractivity contribution < 1.29 is 18.6 Å². The summed E-state index contributed by atoms with van der Waals surface area (Å²) in [5.41, 5.74) is -0.671. The standard InChI is InChI=1S/C9H8F2N2O2/c1-15-8-6(9(10)11)2-5(4-14)13-7(8)3-12/h2,9,14H,4H2,1H3. The lowest BCUT2D eigenvalue weighted by molar-refractivity contribution is 0.146. The maximum atomic E-state index is 12.5. The minimum Gasteiger partial charge on any atom is -0.493 e. The van der Waals surface area contributed by atoms with Crippen molar-refractivity contribution in [2.75, 3.05) is 7.11 Å². The Kier molecular flexibility index (Phi) is 3.52. The lowest BCUT2D eigenvalue weighted by Gasteiger charge is -2.10.